The lowest BCUT2D eigenvalue weighted by molar-refractivity contribution is -0.116. The van der Waals surface area contributed by atoms with E-state index in [1.165, 1.54) is 0 Å². The summed E-state index contributed by atoms with van der Waals surface area (Å²) in [7, 11) is 1.83. The third kappa shape index (κ3) is 4.01. The van der Waals surface area contributed by atoms with Crippen LogP contribution in [0.4, 0.5) is 5.69 Å². The molecule has 1 rings (SSSR count). The van der Waals surface area contributed by atoms with Gasteiger partial charge in [0.05, 0.1) is 5.69 Å². The fourth-order valence-corrected chi connectivity index (χ4v) is 1.77. The third-order valence-electron chi connectivity index (χ3n) is 2.00. The summed E-state index contributed by atoms with van der Waals surface area (Å²) in [4.78, 5) is 11.4. The van der Waals surface area contributed by atoms with E-state index in [-0.39, 0.29) is 5.91 Å². The largest absolute Gasteiger partial charge is 0.325 e. The molecular formula is C11H15BrN2O. The summed E-state index contributed by atoms with van der Waals surface area (Å²) in [6.07, 6.45) is 0.483. The molecule has 4 heteroatoms. The van der Waals surface area contributed by atoms with Crippen LogP contribution in [0, 0.1) is 6.92 Å². The monoisotopic (exact) mass is 270 g/mol. The molecule has 0 spiro atoms. The number of benzene rings is 1. The van der Waals surface area contributed by atoms with Crippen molar-refractivity contribution in [2.75, 3.05) is 18.9 Å². The Hall–Kier alpha value is -0.870. The van der Waals surface area contributed by atoms with Crippen LogP contribution in [0.15, 0.2) is 22.7 Å². The number of halogens is 1. The van der Waals surface area contributed by atoms with Gasteiger partial charge in [-0.15, -0.1) is 0 Å². The van der Waals surface area contributed by atoms with Crippen LogP contribution in [-0.4, -0.2) is 19.5 Å². The molecule has 0 radical (unpaired) electrons. The molecule has 0 saturated heterocycles. The Labute approximate surface area is 98.4 Å². The maximum absolute atomic E-state index is 11.4. The third-order valence-corrected chi connectivity index (χ3v) is 2.66. The van der Waals surface area contributed by atoms with E-state index < -0.39 is 0 Å². The first kappa shape index (κ1) is 12.2. The van der Waals surface area contributed by atoms with Crippen LogP contribution in [0.25, 0.3) is 0 Å². The van der Waals surface area contributed by atoms with Crippen molar-refractivity contribution < 1.29 is 4.79 Å². The molecule has 0 saturated carbocycles. The average Bonchev–Trinajstić information content (AvgIpc) is 2.19. The van der Waals surface area contributed by atoms with E-state index in [9.17, 15) is 4.79 Å². The first-order valence-corrected chi connectivity index (χ1v) is 5.63. The van der Waals surface area contributed by atoms with Crippen molar-refractivity contribution in [2.45, 2.75) is 13.3 Å². The smallest absolute Gasteiger partial charge is 0.225 e. The van der Waals surface area contributed by atoms with Crippen molar-refractivity contribution in [2.24, 2.45) is 0 Å². The van der Waals surface area contributed by atoms with Crippen LogP contribution in [0.1, 0.15) is 12.0 Å². The minimum absolute atomic E-state index is 0.0221. The summed E-state index contributed by atoms with van der Waals surface area (Å²) in [5, 5.41) is 5.78. The van der Waals surface area contributed by atoms with Crippen molar-refractivity contribution in [3.05, 3.63) is 28.2 Å². The molecule has 0 atom stereocenters. The predicted octanol–water partition coefficient (Wildman–Crippen LogP) is 2.31. The highest BCUT2D eigenvalue weighted by Gasteiger charge is 2.04. The number of rotatable bonds is 4. The van der Waals surface area contributed by atoms with E-state index in [1.807, 2.05) is 32.2 Å². The Morgan fingerprint density at radius 2 is 2.20 bits per heavy atom. The van der Waals surface area contributed by atoms with Crippen molar-refractivity contribution in [1.82, 2.24) is 5.32 Å². The normalized spacial score (nSPS) is 10.1. The first-order valence-electron chi connectivity index (χ1n) is 4.84. The van der Waals surface area contributed by atoms with Gasteiger partial charge in [-0.25, -0.2) is 0 Å². The van der Waals surface area contributed by atoms with Gasteiger partial charge in [0.2, 0.25) is 5.91 Å². The van der Waals surface area contributed by atoms with E-state index in [4.69, 9.17) is 0 Å². The number of hydrogen-bond acceptors (Lipinski definition) is 2. The lowest BCUT2D eigenvalue weighted by Gasteiger charge is -2.07. The Morgan fingerprint density at radius 3 is 2.80 bits per heavy atom. The van der Waals surface area contributed by atoms with Gasteiger partial charge in [-0.3, -0.25) is 4.79 Å². The molecule has 2 N–H and O–H groups in total. The molecule has 3 nitrogen and oxygen atoms in total. The van der Waals surface area contributed by atoms with Gasteiger partial charge in [-0.05, 0) is 47.6 Å². The van der Waals surface area contributed by atoms with Gasteiger partial charge >= 0.3 is 0 Å². The standard InChI is InChI=1S/C11H15BrN2O/c1-8-3-4-10(9(12)7-8)14-11(15)5-6-13-2/h3-4,7,13H,5-6H2,1-2H3,(H,14,15). The average molecular weight is 271 g/mol. The number of carbonyl (C=O) groups is 1. The highest BCUT2D eigenvalue weighted by molar-refractivity contribution is 9.10. The SMILES string of the molecule is CNCCC(=O)Nc1ccc(C)cc1Br. The summed E-state index contributed by atoms with van der Waals surface area (Å²) >= 11 is 3.41. The zero-order valence-corrected chi connectivity index (χ0v) is 10.5. The molecule has 0 fully saturated rings. The van der Waals surface area contributed by atoms with E-state index in [0.717, 1.165) is 15.7 Å². The fraction of sp³-hybridized carbons (Fsp3) is 0.364. The molecule has 0 unspecified atom stereocenters. The molecule has 1 amide bonds. The molecular weight excluding hydrogens is 256 g/mol. The number of hydrogen-bond donors (Lipinski definition) is 2. The summed E-state index contributed by atoms with van der Waals surface area (Å²) in [5.74, 6) is 0.0221. The van der Waals surface area contributed by atoms with Crippen LogP contribution in [0.5, 0.6) is 0 Å². The van der Waals surface area contributed by atoms with Crippen molar-refractivity contribution in [3.63, 3.8) is 0 Å². The van der Waals surface area contributed by atoms with Crippen molar-refractivity contribution in [3.8, 4) is 0 Å². The van der Waals surface area contributed by atoms with Gasteiger partial charge in [0.1, 0.15) is 0 Å². The highest BCUT2D eigenvalue weighted by Crippen LogP contribution is 2.23. The second kappa shape index (κ2) is 5.88. The molecule has 1 aromatic rings. The van der Waals surface area contributed by atoms with Gasteiger partial charge in [-0.1, -0.05) is 6.07 Å². The first-order chi connectivity index (χ1) is 7.13. The van der Waals surface area contributed by atoms with E-state index in [0.29, 0.717) is 13.0 Å². The lowest BCUT2D eigenvalue weighted by Crippen LogP contribution is -2.18. The Morgan fingerprint density at radius 1 is 1.47 bits per heavy atom. The molecule has 82 valence electrons. The number of anilines is 1. The van der Waals surface area contributed by atoms with Crippen molar-refractivity contribution >= 4 is 27.5 Å². The number of aryl methyl sites for hydroxylation is 1. The van der Waals surface area contributed by atoms with Crippen molar-refractivity contribution in [1.29, 1.82) is 0 Å². The molecule has 0 heterocycles. The predicted molar refractivity (Wildman–Crippen MR) is 66.1 cm³/mol. The number of carbonyl (C=O) groups excluding carboxylic acids is 1. The maximum atomic E-state index is 11.4. The Kier molecular flexibility index (Phi) is 4.78. The molecule has 0 aliphatic rings. The molecule has 15 heavy (non-hydrogen) atoms. The molecule has 0 aliphatic carbocycles. The maximum Gasteiger partial charge on any atom is 0.225 e. The summed E-state index contributed by atoms with van der Waals surface area (Å²) in [5.41, 5.74) is 1.98. The Bertz CT molecular complexity index is 352. The molecule has 0 aromatic heterocycles. The van der Waals surface area contributed by atoms with E-state index >= 15 is 0 Å². The second-order valence-electron chi connectivity index (χ2n) is 3.39. The van der Waals surface area contributed by atoms with Crippen LogP contribution in [0.3, 0.4) is 0 Å². The van der Waals surface area contributed by atoms with Gasteiger partial charge in [0, 0.05) is 17.4 Å². The second-order valence-corrected chi connectivity index (χ2v) is 4.24. The molecule has 0 bridgehead atoms. The fourth-order valence-electron chi connectivity index (χ4n) is 1.17. The number of nitrogens with one attached hydrogen (secondary N) is 2. The molecule has 0 aliphatic heterocycles. The zero-order valence-electron chi connectivity index (χ0n) is 8.93. The number of amides is 1. The van der Waals surface area contributed by atoms with Gasteiger partial charge in [0.15, 0.2) is 0 Å². The molecule has 1 aromatic carbocycles. The lowest BCUT2D eigenvalue weighted by atomic mass is 10.2. The summed E-state index contributed by atoms with van der Waals surface area (Å²) in [6.45, 7) is 2.70. The highest BCUT2D eigenvalue weighted by atomic mass is 79.9. The van der Waals surface area contributed by atoms with E-state index in [1.54, 1.807) is 0 Å². The summed E-state index contributed by atoms with van der Waals surface area (Å²) < 4.78 is 0.917. The Balaban J connectivity index is 2.60. The van der Waals surface area contributed by atoms with Gasteiger partial charge < -0.3 is 10.6 Å². The van der Waals surface area contributed by atoms with E-state index in [2.05, 4.69) is 26.6 Å². The van der Waals surface area contributed by atoms with Gasteiger partial charge in [0.25, 0.3) is 0 Å². The van der Waals surface area contributed by atoms with Crippen LogP contribution < -0.4 is 10.6 Å². The van der Waals surface area contributed by atoms with Crippen LogP contribution in [-0.2, 0) is 4.79 Å². The summed E-state index contributed by atoms with van der Waals surface area (Å²) in [6, 6.07) is 5.85. The van der Waals surface area contributed by atoms with Gasteiger partial charge in [-0.2, -0.15) is 0 Å². The zero-order chi connectivity index (χ0) is 11.3. The minimum atomic E-state index is 0.0221. The quantitative estimate of drug-likeness (QED) is 0.882. The van der Waals surface area contributed by atoms with Crippen LogP contribution in [0.2, 0.25) is 0 Å². The minimum Gasteiger partial charge on any atom is -0.325 e. The van der Waals surface area contributed by atoms with Crippen LogP contribution >= 0.6 is 15.9 Å². The topological polar surface area (TPSA) is 41.1 Å².